The fourth-order valence-corrected chi connectivity index (χ4v) is 1.80. The third-order valence-corrected chi connectivity index (χ3v) is 2.96. The molecule has 0 saturated heterocycles. The van der Waals surface area contributed by atoms with E-state index in [1.165, 1.54) is 6.92 Å². The summed E-state index contributed by atoms with van der Waals surface area (Å²) in [6.45, 7) is 1.84. The Hall–Kier alpha value is -2.84. The fraction of sp³-hybridized carbons (Fsp3) is 0.267. The Morgan fingerprint density at radius 1 is 1.21 bits per heavy atom. The van der Waals surface area contributed by atoms with E-state index in [1.54, 1.807) is 24.3 Å². The molecule has 0 spiro atoms. The number of hydrogen-bond donors (Lipinski definition) is 2. The van der Waals surface area contributed by atoms with Crippen molar-refractivity contribution in [2.45, 2.75) is 26.3 Å². The first kappa shape index (κ1) is 17.5. The van der Waals surface area contributed by atoms with Gasteiger partial charge in [-0.2, -0.15) is 18.2 Å². The van der Waals surface area contributed by atoms with Gasteiger partial charge in [0.05, 0.1) is 0 Å². The van der Waals surface area contributed by atoms with Crippen LogP contribution in [0.25, 0.3) is 0 Å². The smallest absolute Gasteiger partial charge is 0.433 e. The molecule has 0 unspecified atom stereocenters. The van der Waals surface area contributed by atoms with Crippen molar-refractivity contribution < 1.29 is 22.7 Å². The molecule has 1 heterocycles. The molecule has 0 fully saturated rings. The number of alkyl halides is 3. The Morgan fingerprint density at radius 3 is 2.42 bits per heavy atom. The number of nitrogen functional groups attached to an aromatic ring is 1. The van der Waals surface area contributed by atoms with Gasteiger partial charge >= 0.3 is 6.18 Å². The second kappa shape index (κ2) is 7.16. The third-order valence-electron chi connectivity index (χ3n) is 2.96. The first-order valence-electron chi connectivity index (χ1n) is 6.91. The summed E-state index contributed by atoms with van der Waals surface area (Å²) in [6, 6.07) is 7.74. The third kappa shape index (κ3) is 5.11. The molecular formula is C15H15F3N4O2. The Morgan fingerprint density at radius 2 is 1.83 bits per heavy atom. The van der Waals surface area contributed by atoms with Crippen LogP contribution in [0.3, 0.4) is 0 Å². The van der Waals surface area contributed by atoms with Gasteiger partial charge in [-0.15, -0.1) is 0 Å². The van der Waals surface area contributed by atoms with Gasteiger partial charge < -0.3 is 15.8 Å². The summed E-state index contributed by atoms with van der Waals surface area (Å²) in [7, 11) is 0. The second-order valence-corrected chi connectivity index (χ2v) is 4.96. The minimum absolute atomic E-state index is 0.0220. The average molecular weight is 340 g/mol. The summed E-state index contributed by atoms with van der Waals surface area (Å²) in [4.78, 5) is 17.6. The number of nitrogens with one attached hydrogen (secondary N) is 1. The van der Waals surface area contributed by atoms with Gasteiger partial charge in [0.15, 0.2) is 5.69 Å². The zero-order chi connectivity index (χ0) is 17.7. The van der Waals surface area contributed by atoms with E-state index < -0.39 is 17.8 Å². The Kier molecular flexibility index (Phi) is 5.22. The second-order valence-electron chi connectivity index (χ2n) is 4.96. The average Bonchev–Trinajstić information content (AvgIpc) is 2.50. The van der Waals surface area contributed by atoms with E-state index in [-0.39, 0.29) is 18.4 Å². The summed E-state index contributed by atoms with van der Waals surface area (Å²) in [6.07, 6.45) is -4.62. The van der Waals surface area contributed by atoms with Gasteiger partial charge in [-0.1, -0.05) is 24.3 Å². The maximum atomic E-state index is 12.7. The number of halogens is 3. The van der Waals surface area contributed by atoms with E-state index in [0.29, 0.717) is 12.6 Å². The molecule has 0 atom stereocenters. The van der Waals surface area contributed by atoms with Gasteiger partial charge in [-0.05, 0) is 11.1 Å². The van der Waals surface area contributed by atoms with Crippen LogP contribution in [0.5, 0.6) is 5.88 Å². The molecule has 9 heteroatoms. The highest BCUT2D eigenvalue weighted by Crippen LogP contribution is 2.29. The van der Waals surface area contributed by atoms with Crippen LogP contribution in [0.2, 0.25) is 0 Å². The Bertz CT molecular complexity index is 718. The first-order valence-corrected chi connectivity index (χ1v) is 6.91. The molecule has 1 aromatic heterocycles. The highest BCUT2D eigenvalue weighted by atomic mass is 19.4. The maximum Gasteiger partial charge on any atom is 0.433 e. The van der Waals surface area contributed by atoms with Crippen molar-refractivity contribution in [3.05, 3.63) is 47.2 Å². The normalized spacial score (nSPS) is 11.2. The van der Waals surface area contributed by atoms with E-state index in [1.807, 2.05) is 0 Å². The van der Waals surface area contributed by atoms with E-state index in [4.69, 9.17) is 10.5 Å². The monoisotopic (exact) mass is 340 g/mol. The molecule has 0 bridgehead atoms. The molecule has 0 aliphatic rings. The summed E-state index contributed by atoms with van der Waals surface area (Å²) >= 11 is 0. The van der Waals surface area contributed by atoms with Crippen molar-refractivity contribution in [3.63, 3.8) is 0 Å². The molecule has 2 rings (SSSR count). The molecule has 0 aliphatic carbocycles. The number of ether oxygens (including phenoxy) is 1. The van der Waals surface area contributed by atoms with Crippen LogP contribution in [0.15, 0.2) is 30.3 Å². The zero-order valence-corrected chi connectivity index (χ0v) is 12.7. The van der Waals surface area contributed by atoms with Crippen molar-refractivity contribution in [3.8, 4) is 5.88 Å². The number of nitrogens with two attached hydrogens (primary N) is 1. The fourth-order valence-electron chi connectivity index (χ4n) is 1.80. The van der Waals surface area contributed by atoms with Crippen LogP contribution >= 0.6 is 0 Å². The predicted octanol–water partition coefficient (Wildman–Crippen LogP) is 2.29. The largest absolute Gasteiger partial charge is 0.473 e. The number of carbonyl (C=O) groups is 1. The lowest BCUT2D eigenvalue weighted by Crippen LogP contribution is -2.18. The first-order chi connectivity index (χ1) is 11.2. The number of hydrogen-bond acceptors (Lipinski definition) is 5. The molecule has 0 radical (unpaired) electrons. The molecule has 0 saturated carbocycles. The SMILES string of the molecule is CC(=O)NCc1ccc(COc2cc(C(F)(F)F)nc(N)n2)cc1. The van der Waals surface area contributed by atoms with Crippen LogP contribution in [0.1, 0.15) is 23.7 Å². The molecule has 0 aliphatic heterocycles. The van der Waals surface area contributed by atoms with Crippen LogP contribution < -0.4 is 15.8 Å². The van der Waals surface area contributed by atoms with Gasteiger partial charge in [-0.3, -0.25) is 4.79 Å². The van der Waals surface area contributed by atoms with Gasteiger partial charge in [0.1, 0.15) is 6.61 Å². The number of benzene rings is 1. The summed E-state index contributed by atoms with van der Waals surface area (Å²) in [5.74, 6) is -0.896. The molecule has 6 nitrogen and oxygen atoms in total. The van der Waals surface area contributed by atoms with E-state index >= 15 is 0 Å². The van der Waals surface area contributed by atoms with Crippen molar-refractivity contribution in [2.75, 3.05) is 5.73 Å². The zero-order valence-electron chi connectivity index (χ0n) is 12.7. The number of amides is 1. The quantitative estimate of drug-likeness (QED) is 0.872. The number of rotatable bonds is 5. The van der Waals surface area contributed by atoms with Crippen molar-refractivity contribution in [1.29, 1.82) is 0 Å². The van der Waals surface area contributed by atoms with Crippen molar-refractivity contribution >= 4 is 11.9 Å². The van der Waals surface area contributed by atoms with Crippen LogP contribution in [-0.4, -0.2) is 15.9 Å². The number of nitrogens with zero attached hydrogens (tertiary/aromatic N) is 2. The van der Waals surface area contributed by atoms with Crippen molar-refractivity contribution in [1.82, 2.24) is 15.3 Å². The van der Waals surface area contributed by atoms with E-state index in [0.717, 1.165) is 11.1 Å². The minimum atomic E-state index is -4.62. The molecule has 1 aromatic carbocycles. The van der Waals surface area contributed by atoms with Crippen LogP contribution in [0, 0.1) is 0 Å². The van der Waals surface area contributed by atoms with Gasteiger partial charge in [0.2, 0.25) is 17.7 Å². The predicted molar refractivity (Wildman–Crippen MR) is 79.7 cm³/mol. The maximum absolute atomic E-state index is 12.7. The molecular weight excluding hydrogens is 325 g/mol. The highest BCUT2D eigenvalue weighted by Gasteiger charge is 2.33. The van der Waals surface area contributed by atoms with Crippen LogP contribution in [0.4, 0.5) is 19.1 Å². The van der Waals surface area contributed by atoms with Gasteiger partial charge in [-0.25, -0.2) is 4.98 Å². The topological polar surface area (TPSA) is 90.1 Å². The molecule has 1 amide bonds. The molecule has 128 valence electrons. The number of anilines is 1. The number of aromatic nitrogens is 2. The lowest BCUT2D eigenvalue weighted by Gasteiger charge is -2.10. The summed E-state index contributed by atoms with van der Waals surface area (Å²) < 4.78 is 43.2. The van der Waals surface area contributed by atoms with Crippen LogP contribution in [-0.2, 0) is 24.1 Å². The Balaban J connectivity index is 2.00. The molecule has 2 aromatic rings. The standard InChI is InChI=1S/C15H15F3N4O2/c1-9(23)20-7-10-2-4-11(5-3-10)8-24-13-6-12(15(16,17)18)21-14(19)22-13/h2-6H,7-8H2,1H3,(H,20,23)(H2,19,21,22). The van der Waals surface area contributed by atoms with E-state index in [2.05, 4.69) is 15.3 Å². The molecule has 24 heavy (non-hydrogen) atoms. The Labute approximate surface area is 135 Å². The van der Waals surface area contributed by atoms with E-state index in [9.17, 15) is 18.0 Å². The van der Waals surface area contributed by atoms with Gasteiger partial charge in [0, 0.05) is 19.5 Å². The summed E-state index contributed by atoms with van der Waals surface area (Å²) in [5, 5.41) is 2.66. The van der Waals surface area contributed by atoms with Gasteiger partial charge in [0.25, 0.3) is 0 Å². The lowest BCUT2D eigenvalue weighted by molar-refractivity contribution is -0.141. The highest BCUT2D eigenvalue weighted by molar-refractivity contribution is 5.72. The summed E-state index contributed by atoms with van der Waals surface area (Å²) in [5.41, 5.74) is 5.73. The lowest BCUT2D eigenvalue weighted by atomic mass is 10.1. The molecule has 3 N–H and O–H groups in total. The minimum Gasteiger partial charge on any atom is -0.473 e. The van der Waals surface area contributed by atoms with Crippen molar-refractivity contribution in [2.24, 2.45) is 0 Å². The number of carbonyl (C=O) groups excluding carboxylic acids is 1.